The quantitative estimate of drug-likeness (QED) is 0.171. The van der Waals surface area contributed by atoms with E-state index in [9.17, 15) is 0 Å². The number of hydrogen-bond donors (Lipinski definition) is 0. The average molecular weight is 736 g/mol. The summed E-state index contributed by atoms with van der Waals surface area (Å²) in [4.78, 5) is 12.8. The normalized spacial score (nSPS) is 15.5. The number of rotatable bonds is 6. The summed E-state index contributed by atoms with van der Waals surface area (Å²) in [7, 11) is 0. The van der Waals surface area contributed by atoms with Crippen molar-refractivity contribution in [2.75, 3.05) is 4.90 Å². The van der Waals surface area contributed by atoms with E-state index in [1.807, 2.05) is 18.2 Å². The average Bonchev–Trinajstić information content (AvgIpc) is 3.75. The Morgan fingerprint density at radius 1 is 0.561 bits per heavy atom. The smallest absolute Gasteiger partial charge is 0.161 e. The fourth-order valence-corrected chi connectivity index (χ4v) is 9.27. The lowest BCUT2D eigenvalue weighted by atomic mass is 9.82. The number of anilines is 2. The Kier molecular flexibility index (Phi) is 7.75. The summed E-state index contributed by atoms with van der Waals surface area (Å²) >= 11 is 0. The molecule has 4 heteroatoms. The van der Waals surface area contributed by atoms with Gasteiger partial charge < -0.3 is 9.32 Å². The zero-order valence-electron chi connectivity index (χ0n) is 32.2. The Bertz CT molecular complexity index is 3060. The van der Waals surface area contributed by atoms with Crippen molar-refractivity contribution in [1.29, 1.82) is 0 Å². The second kappa shape index (κ2) is 13.2. The van der Waals surface area contributed by atoms with Crippen LogP contribution in [0.4, 0.5) is 11.4 Å². The Balaban J connectivity index is 1.00. The molecular formula is C53H41N3O. The van der Waals surface area contributed by atoms with Gasteiger partial charge in [-0.15, -0.1) is 0 Å². The molecule has 2 aromatic heterocycles. The highest BCUT2D eigenvalue weighted by Crippen LogP contribution is 2.50. The highest BCUT2D eigenvalue weighted by Gasteiger charge is 2.36. The molecule has 0 amide bonds. The second-order valence-electron chi connectivity index (χ2n) is 15.9. The third-order valence-corrected chi connectivity index (χ3v) is 12.1. The van der Waals surface area contributed by atoms with Gasteiger partial charge in [-0.05, 0) is 119 Å². The topological polar surface area (TPSA) is 42.2 Å². The zero-order chi connectivity index (χ0) is 38.1. The number of hydrogen-bond acceptors (Lipinski definition) is 4. The van der Waals surface area contributed by atoms with Crippen LogP contribution in [0.1, 0.15) is 56.4 Å². The molecule has 11 rings (SSSR count). The van der Waals surface area contributed by atoms with E-state index in [2.05, 4.69) is 164 Å². The largest absolute Gasteiger partial charge is 0.456 e. The summed E-state index contributed by atoms with van der Waals surface area (Å²) in [5, 5.41) is 3.15. The van der Waals surface area contributed by atoms with Crippen LogP contribution in [0.15, 0.2) is 174 Å². The van der Waals surface area contributed by atoms with Crippen molar-refractivity contribution in [2.45, 2.75) is 44.9 Å². The first kappa shape index (κ1) is 33.5. The van der Waals surface area contributed by atoms with Gasteiger partial charge in [-0.25, -0.2) is 9.97 Å². The minimum absolute atomic E-state index is 0.0822. The van der Waals surface area contributed by atoms with E-state index in [4.69, 9.17) is 14.4 Å². The molecule has 0 spiro atoms. The molecule has 0 aliphatic heterocycles. The molecule has 0 saturated carbocycles. The number of benzene rings is 6. The van der Waals surface area contributed by atoms with Crippen molar-refractivity contribution in [3.05, 3.63) is 186 Å². The first-order chi connectivity index (χ1) is 28.0. The van der Waals surface area contributed by atoms with Gasteiger partial charge in [0.15, 0.2) is 5.82 Å². The Morgan fingerprint density at radius 3 is 2.21 bits per heavy atom. The lowest BCUT2D eigenvalue weighted by Gasteiger charge is -2.30. The minimum atomic E-state index is -0.0822. The van der Waals surface area contributed by atoms with Gasteiger partial charge in [0.25, 0.3) is 0 Å². The minimum Gasteiger partial charge on any atom is -0.456 e. The maximum Gasteiger partial charge on any atom is 0.161 e. The van der Waals surface area contributed by atoms with Crippen LogP contribution in [0.25, 0.3) is 72.1 Å². The maximum atomic E-state index is 6.63. The van der Waals surface area contributed by atoms with Crippen molar-refractivity contribution < 1.29 is 4.42 Å². The van der Waals surface area contributed by atoms with Crippen molar-refractivity contribution in [2.24, 2.45) is 0 Å². The van der Waals surface area contributed by atoms with Gasteiger partial charge in [0.2, 0.25) is 0 Å². The highest BCUT2D eigenvalue weighted by atomic mass is 16.3. The molecular weight excluding hydrogens is 695 g/mol. The van der Waals surface area contributed by atoms with Gasteiger partial charge in [0.05, 0.1) is 11.2 Å². The fraction of sp³-hybridized carbons (Fsp3) is 0.132. The monoisotopic (exact) mass is 735 g/mol. The summed E-state index contributed by atoms with van der Waals surface area (Å²) in [6, 6.07) is 45.9. The summed E-state index contributed by atoms with van der Waals surface area (Å²) < 4.78 is 6.63. The van der Waals surface area contributed by atoms with Gasteiger partial charge >= 0.3 is 0 Å². The van der Waals surface area contributed by atoms with Gasteiger partial charge in [-0.1, -0.05) is 123 Å². The van der Waals surface area contributed by atoms with Crippen LogP contribution in [-0.4, -0.2) is 9.97 Å². The molecule has 2 heterocycles. The second-order valence-corrected chi connectivity index (χ2v) is 15.9. The molecule has 0 radical (unpaired) electrons. The Hall–Kier alpha value is -6.78. The van der Waals surface area contributed by atoms with Crippen LogP contribution >= 0.6 is 0 Å². The van der Waals surface area contributed by atoms with Crippen LogP contribution in [0, 0.1) is 0 Å². The lowest BCUT2D eigenvalue weighted by molar-refractivity contribution is 0.660. The number of allylic oxidation sites excluding steroid dienone is 7. The molecule has 57 heavy (non-hydrogen) atoms. The third-order valence-electron chi connectivity index (χ3n) is 12.1. The number of aromatic nitrogens is 2. The summed E-state index contributed by atoms with van der Waals surface area (Å²) in [5.74, 6) is 0.707. The van der Waals surface area contributed by atoms with E-state index >= 15 is 0 Å². The van der Waals surface area contributed by atoms with Crippen LogP contribution in [0.5, 0.6) is 0 Å². The predicted molar refractivity (Wildman–Crippen MR) is 237 cm³/mol. The van der Waals surface area contributed by atoms with Gasteiger partial charge in [-0.2, -0.15) is 0 Å². The summed E-state index contributed by atoms with van der Waals surface area (Å²) in [6.45, 7) is 4.70. The lowest BCUT2D eigenvalue weighted by Crippen LogP contribution is -2.19. The number of para-hydroxylation sites is 1. The standard InChI is InChI=1S/C53H41N3O/c1-53(2)45-24-11-9-21-40(45)41-30-28-39(33-46(41)53)56(37-18-7-4-8-19-37)38-20-13-17-35(31-38)36-27-29-43-49(32-36)57-48-26-14-23-44(50(43)48)52-54-47-25-12-10-22-42(47)51(55-52)34-15-5-3-6-16-34/h5,7,9-33H,3-4,6,8H2,1-2H3. The maximum absolute atomic E-state index is 6.63. The third kappa shape index (κ3) is 5.50. The molecule has 274 valence electrons. The van der Waals surface area contributed by atoms with E-state index in [-0.39, 0.29) is 5.41 Å². The molecule has 6 aromatic carbocycles. The van der Waals surface area contributed by atoms with Crippen molar-refractivity contribution >= 4 is 49.8 Å². The van der Waals surface area contributed by atoms with E-state index in [1.54, 1.807) is 0 Å². The van der Waals surface area contributed by atoms with Gasteiger partial charge in [-0.3, -0.25) is 0 Å². The Morgan fingerprint density at radius 2 is 1.33 bits per heavy atom. The molecule has 3 aliphatic carbocycles. The number of nitrogens with zero attached hydrogens (tertiary/aromatic N) is 3. The molecule has 0 bridgehead atoms. The first-order valence-electron chi connectivity index (χ1n) is 20.1. The Labute approximate surface area is 332 Å². The van der Waals surface area contributed by atoms with Crippen molar-refractivity contribution in [3.63, 3.8) is 0 Å². The van der Waals surface area contributed by atoms with E-state index in [1.165, 1.54) is 33.6 Å². The van der Waals surface area contributed by atoms with E-state index < -0.39 is 0 Å². The molecule has 0 unspecified atom stereocenters. The number of furan rings is 1. The SMILES string of the molecule is CC1(C)c2ccccc2-c2ccc(N(C3=CCCC=C3)c3cccc(-c4ccc5c(c4)oc4cccc(-c6nc(C7=CCCC=C7)c7ccccc7n6)c45)c3)cc21. The van der Waals surface area contributed by atoms with Crippen LogP contribution in [0.2, 0.25) is 0 Å². The first-order valence-corrected chi connectivity index (χ1v) is 20.1. The molecule has 3 aliphatic rings. The van der Waals surface area contributed by atoms with Crippen LogP contribution < -0.4 is 4.90 Å². The molecule has 0 N–H and O–H groups in total. The fourth-order valence-electron chi connectivity index (χ4n) is 9.27. The van der Waals surface area contributed by atoms with Gasteiger partial charge in [0.1, 0.15) is 11.2 Å². The molecule has 0 saturated heterocycles. The van der Waals surface area contributed by atoms with E-state index in [0.717, 1.165) is 92.2 Å². The summed E-state index contributed by atoms with van der Waals surface area (Å²) in [6.07, 6.45) is 17.8. The van der Waals surface area contributed by atoms with E-state index in [0.29, 0.717) is 5.82 Å². The zero-order valence-corrected chi connectivity index (χ0v) is 32.2. The van der Waals surface area contributed by atoms with Gasteiger partial charge in [0, 0.05) is 44.2 Å². The molecule has 8 aromatic rings. The highest BCUT2D eigenvalue weighted by molar-refractivity contribution is 6.13. The number of fused-ring (bicyclic) bond motifs is 7. The van der Waals surface area contributed by atoms with Crippen LogP contribution in [-0.2, 0) is 5.41 Å². The van der Waals surface area contributed by atoms with Crippen molar-refractivity contribution in [1.82, 2.24) is 9.97 Å². The van der Waals surface area contributed by atoms with Crippen LogP contribution in [0.3, 0.4) is 0 Å². The molecule has 0 fully saturated rings. The molecule has 0 atom stereocenters. The van der Waals surface area contributed by atoms with Crippen molar-refractivity contribution in [3.8, 4) is 33.6 Å². The molecule has 4 nitrogen and oxygen atoms in total. The summed E-state index contributed by atoms with van der Waals surface area (Å²) in [5.41, 5.74) is 16.8. The predicted octanol–water partition coefficient (Wildman–Crippen LogP) is 14.3.